The van der Waals surface area contributed by atoms with Crippen molar-refractivity contribution < 1.29 is 0 Å². The number of hydrogen-bond acceptors (Lipinski definition) is 2. The molecule has 28 heavy (non-hydrogen) atoms. The first-order valence-corrected chi connectivity index (χ1v) is 11.4. The van der Waals surface area contributed by atoms with Gasteiger partial charge in [-0.2, -0.15) is 0 Å². The van der Waals surface area contributed by atoms with Gasteiger partial charge in [-0.25, -0.2) is 0 Å². The maximum absolute atomic E-state index is 2.78. The lowest BCUT2D eigenvalue weighted by atomic mass is 9.60. The Labute approximate surface area is 179 Å². The molecule has 2 aliphatic carbocycles. The minimum Gasteiger partial charge on any atom is -0.369 e. The Morgan fingerprint density at radius 2 is 1.39 bits per heavy atom. The topological polar surface area (TPSA) is 6.48 Å². The minimum atomic E-state index is 0. The summed E-state index contributed by atoms with van der Waals surface area (Å²) >= 11 is 0. The van der Waals surface area contributed by atoms with Crippen molar-refractivity contribution in [1.29, 1.82) is 0 Å². The van der Waals surface area contributed by atoms with E-state index in [9.17, 15) is 0 Å². The van der Waals surface area contributed by atoms with Crippen LogP contribution < -0.4 is 4.90 Å². The molecule has 2 nitrogen and oxygen atoms in total. The summed E-state index contributed by atoms with van der Waals surface area (Å²) in [6.07, 6.45) is 9.76. The van der Waals surface area contributed by atoms with E-state index in [1.807, 2.05) is 0 Å². The van der Waals surface area contributed by atoms with Gasteiger partial charge >= 0.3 is 0 Å². The van der Waals surface area contributed by atoms with Gasteiger partial charge in [0.05, 0.1) is 0 Å². The van der Waals surface area contributed by atoms with E-state index in [1.165, 1.54) is 76.8 Å². The van der Waals surface area contributed by atoms with Gasteiger partial charge in [0, 0.05) is 37.9 Å². The van der Waals surface area contributed by atoms with E-state index in [-0.39, 0.29) is 12.4 Å². The second kappa shape index (κ2) is 8.56. The average Bonchev–Trinajstić information content (AvgIpc) is 3.14. The van der Waals surface area contributed by atoms with Crippen molar-refractivity contribution in [1.82, 2.24) is 4.90 Å². The number of hydrogen-bond donors (Lipinski definition) is 0. The van der Waals surface area contributed by atoms with Gasteiger partial charge in [-0.15, -0.1) is 12.4 Å². The quantitative estimate of drug-likeness (QED) is 0.567. The van der Waals surface area contributed by atoms with Gasteiger partial charge < -0.3 is 4.90 Å². The largest absolute Gasteiger partial charge is 0.369 e. The zero-order valence-corrected chi connectivity index (χ0v) is 19.4. The van der Waals surface area contributed by atoms with Gasteiger partial charge in [0.1, 0.15) is 0 Å². The molecule has 0 unspecified atom stereocenters. The second-order valence-corrected chi connectivity index (χ2v) is 11.1. The van der Waals surface area contributed by atoms with Crippen molar-refractivity contribution in [2.75, 3.05) is 31.1 Å². The van der Waals surface area contributed by atoms with Gasteiger partial charge in [0.2, 0.25) is 0 Å². The van der Waals surface area contributed by atoms with Crippen LogP contribution in [-0.2, 0) is 0 Å². The molecular formula is C25H41ClN2. The van der Waals surface area contributed by atoms with Crippen LogP contribution in [0.15, 0.2) is 24.3 Å². The van der Waals surface area contributed by atoms with Crippen LogP contribution >= 0.6 is 12.4 Å². The molecule has 0 aromatic heterocycles. The first kappa shape index (κ1) is 22.0. The lowest BCUT2D eigenvalue weighted by Crippen LogP contribution is -2.50. The molecule has 3 fully saturated rings. The Kier molecular flexibility index (Phi) is 6.72. The minimum absolute atomic E-state index is 0. The van der Waals surface area contributed by atoms with Gasteiger partial charge in [0.25, 0.3) is 0 Å². The Bertz CT molecular complexity index is 624. The summed E-state index contributed by atoms with van der Waals surface area (Å²) in [6, 6.07) is 10.2. The van der Waals surface area contributed by atoms with Crippen LogP contribution in [-0.4, -0.2) is 37.1 Å². The van der Waals surface area contributed by atoms with Crippen LogP contribution in [0, 0.1) is 10.8 Å². The van der Waals surface area contributed by atoms with E-state index in [0.29, 0.717) is 16.7 Å². The van der Waals surface area contributed by atoms with E-state index >= 15 is 0 Å². The Balaban J connectivity index is 0.00000225. The third-order valence-electron chi connectivity index (χ3n) is 7.43. The number of para-hydroxylation sites is 1. The zero-order valence-electron chi connectivity index (χ0n) is 18.5. The highest BCUT2D eigenvalue weighted by Crippen LogP contribution is 2.53. The Hall–Kier alpha value is -0.730. The molecule has 0 N–H and O–H groups in total. The third-order valence-corrected chi connectivity index (χ3v) is 7.43. The number of benzene rings is 1. The summed E-state index contributed by atoms with van der Waals surface area (Å²) in [5.41, 5.74) is 4.04. The van der Waals surface area contributed by atoms with Gasteiger partial charge in [0.15, 0.2) is 0 Å². The van der Waals surface area contributed by atoms with E-state index in [1.54, 1.807) is 5.56 Å². The molecule has 0 bridgehead atoms. The Morgan fingerprint density at radius 3 is 2.00 bits per heavy atom. The summed E-state index contributed by atoms with van der Waals surface area (Å²) in [5, 5.41) is 0. The SMILES string of the molecule is CC1(C)CC(c2ccccc2N2CCN(C3CCCC3)CC2)CC(C)(C)C1.Cl. The normalized spacial score (nSPS) is 26.2. The first-order valence-electron chi connectivity index (χ1n) is 11.4. The maximum Gasteiger partial charge on any atom is 0.0402 e. The van der Waals surface area contributed by atoms with Crippen molar-refractivity contribution in [2.45, 2.75) is 84.6 Å². The van der Waals surface area contributed by atoms with Crippen LogP contribution in [0.4, 0.5) is 5.69 Å². The number of rotatable bonds is 3. The summed E-state index contributed by atoms with van der Waals surface area (Å²) in [6.45, 7) is 14.8. The lowest BCUT2D eigenvalue weighted by Gasteiger charge is -2.46. The smallest absolute Gasteiger partial charge is 0.0402 e. The molecule has 1 aliphatic heterocycles. The van der Waals surface area contributed by atoms with Crippen molar-refractivity contribution in [3.8, 4) is 0 Å². The molecule has 0 atom stereocenters. The predicted molar refractivity (Wildman–Crippen MR) is 124 cm³/mol. The van der Waals surface area contributed by atoms with Crippen molar-refractivity contribution in [3.05, 3.63) is 29.8 Å². The van der Waals surface area contributed by atoms with Crippen LogP contribution in [0.3, 0.4) is 0 Å². The number of piperazine rings is 1. The van der Waals surface area contributed by atoms with Crippen LogP contribution in [0.5, 0.6) is 0 Å². The number of anilines is 1. The molecule has 0 spiro atoms. The molecule has 0 amide bonds. The standard InChI is InChI=1S/C25H40N2.ClH/c1-24(2)17-20(18-25(3,4)19-24)22-11-7-8-12-23(22)27-15-13-26(14-16-27)21-9-5-6-10-21;/h7-8,11-12,20-21H,5-6,9-10,13-19H2,1-4H3;1H. The molecule has 3 heteroatoms. The molecule has 3 aliphatic rings. The first-order chi connectivity index (χ1) is 12.8. The fraction of sp³-hybridized carbons (Fsp3) is 0.760. The molecular weight excluding hydrogens is 364 g/mol. The van der Waals surface area contributed by atoms with Crippen molar-refractivity contribution in [2.24, 2.45) is 10.8 Å². The van der Waals surface area contributed by atoms with E-state index < -0.39 is 0 Å². The van der Waals surface area contributed by atoms with Crippen LogP contribution in [0.2, 0.25) is 0 Å². The molecule has 4 rings (SSSR count). The van der Waals surface area contributed by atoms with Crippen LogP contribution in [0.25, 0.3) is 0 Å². The second-order valence-electron chi connectivity index (χ2n) is 11.1. The molecule has 158 valence electrons. The third kappa shape index (κ3) is 4.87. The zero-order chi connectivity index (χ0) is 19.1. The summed E-state index contributed by atoms with van der Waals surface area (Å²) in [7, 11) is 0. The molecule has 0 radical (unpaired) electrons. The van der Waals surface area contributed by atoms with Crippen molar-refractivity contribution in [3.63, 3.8) is 0 Å². The average molecular weight is 405 g/mol. The highest BCUT2D eigenvalue weighted by Gasteiger charge is 2.40. The molecule has 1 aromatic carbocycles. The van der Waals surface area contributed by atoms with Gasteiger partial charge in [-0.05, 0) is 60.5 Å². The van der Waals surface area contributed by atoms with Crippen molar-refractivity contribution >= 4 is 18.1 Å². The highest BCUT2D eigenvalue weighted by atomic mass is 35.5. The Morgan fingerprint density at radius 1 is 0.821 bits per heavy atom. The highest BCUT2D eigenvalue weighted by molar-refractivity contribution is 5.85. The van der Waals surface area contributed by atoms with Gasteiger partial charge in [-0.3, -0.25) is 4.90 Å². The fourth-order valence-corrected chi connectivity index (χ4v) is 6.78. The van der Waals surface area contributed by atoms with E-state index in [4.69, 9.17) is 0 Å². The molecule has 1 aromatic rings. The summed E-state index contributed by atoms with van der Waals surface area (Å²) < 4.78 is 0. The molecule has 2 saturated carbocycles. The monoisotopic (exact) mass is 404 g/mol. The molecule has 1 saturated heterocycles. The summed E-state index contributed by atoms with van der Waals surface area (Å²) in [5.74, 6) is 0.702. The number of nitrogens with zero attached hydrogens (tertiary/aromatic N) is 2. The van der Waals surface area contributed by atoms with Gasteiger partial charge in [-0.1, -0.05) is 58.7 Å². The maximum atomic E-state index is 2.78. The molecule has 1 heterocycles. The number of halogens is 1. The fourth-order valence-electron chi connectivity index (χ4n) is 6.78. The summed E-state index contributed by atoms with van der Waals surface area (Å²) in [4.78, 5) is 5.47. The lowest BCUT2D eigenvalue weighted by molar-refractivity contribution is 0.0969. The van der Waals surface area contributed by atoms with E-state index in [2.05, 4.69) is 61.8 Å². The van der Waals surface area contributed by atoms with Crippen LogP contribution in [0.1, 0.15) is 84.1 Å². The van der Waals surface area contributed by atoms with E-state index in [0.717, 1.165) is 6.04 Å². The predicted octanol–water partition coefficient (Wildman–Crippen LogP) is 6.49.